The molecule has 0 bridgehead atoms. The van der Waals surface area contributed by atoms with Gasteiger partial charge in [-0.15, -0.1) is 0 Å². The molecule has 1 aromatic rings. The van der Waals surface area contributed by atoms with Crippen LogP contribution in [0, 0.1) is 22.7 Å². The largest absolute Gasteiger partial charge is 0.371 e. The summed E-state index contributed by atoms with van der Waals surface area (Å²) in [5.74, 6) is 0.804. The van der Waals surface area contributed by atoms with Gasteiger partial charge in [0.2, 0.25) is 0 Å². The van der Waals surface area contributed by atoms with Gasteiger partial charge in [-0.1, -0.05) is 24.6 Å². The molecule has 0 spiro atoms. The van der Waals surface area contributed by atoms with Gasteiger partial charge in [0.1, 0.15) is 18.0 Å². The lowest BCUT2D eigenvalue weighted by Crippen LogP contribution is -2.47. The van der Waals surface area contributed by atoms with E-state index in [-0.39, 0.29) is 5.57 Å². The maximum atomic E-state index is 9.58. The van der Waals surface area contributed by atoms with Crippen molar-refractivity contribution in [3.8, 4) is 12.1 Å². The first kappa shape index (κ1) is 22.0. The van der Waals surface area contributed by atoms with Crippen LogP contribution in [-0.2, 0) is 0 Å². The highest BCUT2D eigenvalue weighted by Crippen LogP contribution is 2.25. The minimum Gasteiger partial charge on any atom is -0.371 e. The van der Waals surface area contributed by atoms with Crippen molar-refractivity contribution in [2.75, 3.05) is 58.3 Å². The number of hydrogen-bond acceptors (Lipinski definition) is 6. The number of likely N-dealkylation sites (N-methyl/N-ethyl adjacent to an activating group) is 1. The Morgan fingerprint density at radius 2 is 1.60 bits per heavy atom. The Kier molecular flexibility index (Phi) is 7.99. The molecular weight excluding hydrogens is 372 g/mol. The molecule has 30 heavy (non-hydrogen) atoms. The summed E-state index contributed by atoms with van der Waals surface area (Å²) >= 11 is 0. The fourth-order valence-corrected chi connectivity index (χ4v) is 4.63. The maximum absolute atomic E-state index is 9.58. The summed E-state index contributed by atoms with van der Waals surface area (Å²) in [5.41, 5.74) is 1.46. The first-order chi connectivity index (χ1) is 14.6. The molecule has 6 heteroatoms. The van der Waals surface area contributed by atoms with Crippen LogP contribution in [0.15, 0.2) is 41.7 Å². The Bertz CT molecular complexity index is 760. The SMILES string of the molecule is CN(CCN1CCCCC1)C(=C(C#N)C#N)N1CCC(N(C)c2ccccc2)CC1. The first-order valence-corrected chi connectivity index (χ1v) is 11.1. The smallest absolute Gasteiger partial charge is 0.169 e. The Labute approximate surface area is 181 Å². The molecule has 160 valence electrons. The molecular formula is C24H34N6. The highest BCUT2D eigenvalue weighted by molar-refractivity contribution is 5.46. The van der Waals surface area contributed by atoms with Gasteiger partial charge in [-0.05, 0) is 50.9 Å². The molecule has 0 amide bonds. The summed E-state index contributed by atoms with van der Waals surface area (Å²) in [7, 11) is 4.18. The maximum Gasteiger partial charge on any atom is 0.169 e. The second-order valence-electron chi connectivity index (χ2n) is 8.41. The molecule has 0 N–H and O–H groups in total. The summed E-state index contributed by atoms with van der Waals surface area (Å²) < 4.78 is 0. The van der Waals surface area contributed by atoms with E-state index in [9.17, 15) is 10.5 Å². The molecule has 3 rings (SSSR count). The van der Waals surface area contributed by atoms with Gasteiger partial charge in [-0.3, -0.25) is 0 Å². The third-order valence-electron chi connectivity index (χ3n) is 6.48. The molecule has 0 saturated carbocycles. The zero-order valence-corrected chi connectivity index (χ0v) is 18.4. The number of likely N-dealkylation sites (tertiary alicyclic amines) is 2. The van der Waals surface area contributed by atoms with Crippen LogP contribution in [-0.4, -0.2) is 74.1 Å². The van der Waals surface area contributed by atoms with Crippen LogP contribution in [0.4, 0.5) is 5.69 Å². The first-order valence-electron chi connectivity index (χ1n) is 11.1. The predicted molar refractivity (Wildman–Crippen MR) is 121 cm³/mol. The summed E-state index contributed by atoms with van der Waals surface area (Å²) in [6.07, 6.45) is 5.90. The van der Waals surface area contributed by atoms with Crippen LogP contribution in [0.2, 0.25) is 0 Å². The minimum atomic E-state index is 0.228. The van der Waals surface area contributed by atoms with E-state index in [1.165, 1.54) is 24.9 Å². The van der Waals surface area contributed by atoms with Gasteiger partial charge in [0.15, 0.2) is 5.57 Å². The minimum absolute atomic E-state index is 0.228. The highest BCUT2D eigenvalue weighted by atomic mass is 15.3. The molecule has 2 aliphatic heterocycles. The van der Waals surface area contributed by atoms with Gasteiger partial charge in [0.25, 0.3) is 0 Å². The highest BCUT2D eigenvalue weighted by Gasteiger charge is 2.27. The van der Waals surface area contributed by atoms with Gasteiger partial charge in [-0.25, -0.2) is 0 Å². The van der Waals surface area contributed by atoms with Crippen molar-refractivity contribution in [1.29, 1.82) is 10.5 Å². The third-order valence-corrected chi connectivity index (χ3v) is 6.48. The number of piperidine rings is 2. The van der Waals surface area contributed by atoms with E-state index in [1.807, 2.05) is 13.1 Å². The Balaban J connectivity index is 1.63. The zero-order valence-electron chi connectivity index (χ0n) is 18.4. The summed E-state index contributed by atoms with van der Waals surface area (Å²) in [4.78, 5) is 9.22. The number of allylic oxidation sites excluding steroid dienone is 1. The molecule has 2 fully saturated rings. The number of nitrogens with zero attached hydrogens (tertiary/aromatic N) is 6. The molecule has 1 aromatic carbocycles. The van der Waals surface area contributed by atoms with Crippen molar-refractivity contribution in [2.45, 2.75) is 38.1 Å². The van der Waals surface area contributed by atoms with E-state index in [4.69, 9.17) is 0 Å². The van der Waals surface area contributed by atoms with E-state index in [0.717, 1.165) is 57.9 Å². The summed E-state index contributed by atoms with van der Waals surface area (Å²) in [6.45, 7) is 5.86. The number of rotatable bonds is 7. The van der Waals surface area contributed by atoms with Crippen molar-refractivity contribution in [3.63, 3.8) is 0 Å². The van der Waals surface area contributed by atoms with E-state index in [2.05, 4.69) is 63.1 Å². The van der Waals surface area contributed by atoms with Crippen molar-refractivity contribution < 1.29 is 0 Å². The van der Waals surface area contributed by atoms with Gasteiger partial charge >= 0.3 is 0 Å². The van der Waals surface area contributed by atoms with Crippen molar-refractivity contribution >= 4 is 5.69 Å². The lowest BCUT2D eigenvalue weighted by atomic mass is 10.0. The lowest BCUT2D eigenvalue weighted by molar-refractivity contribution is 0.164. The Hall–Kier alpha value is -2.70. The molecule has 0 atom stereocenters. The molecule has 6 nitrogen and oxygen atoms in total. The number of hydrogen-bond donors (Lipinski definition) is 0. The number of para-hydroxylation sites is 1. The van der Waals surface area contributed by atoms with Crippen LogP contribution in [0.5, 0.6) is 0 Å². The standard InChI is InChI=1S/C24H34N6/c1-27(17-18-29-13-7-4-8-14-29)24(21(19-25)20-26)30-15-11-23(12-16-30)28(2)22-9-5-3-6-10-22/h3,5-6,9-10,23H,4,7-8,11-18H2,1-2H3. The fraction of sp³-hybridized carbons (Fsp3) is 0.583. The number of nitriles is 2. The second kappa shape index (κ2) is 10.9. The van der Waals surface area contributed by atoms with E-state index < -0.39 is 0 Å². The molecule has 0 radical (unpaired) electrons. The van der Waals surface area contributed by atoms with Crippen molar-refractivity contribution in [1.82, 2.24) is 14.7 Å². The van der Waals surface area contributed by atoms with Gasteiger partial charge in [0.05, 0.1) is 0 Å². The number of anilines is 1. The van der Waals surface area contributed by atoms with Crippen LogP contribution in [0.3, 0.4) is 0 Å². The molecule has 2 aliphatic rings. The summed E-state index contributed by atoms with van der Waals surface area (Å²) in [6, 6.07) is 15.2. The second-order valence-corrected chi connectivity index (χ2v) is 8.41. The normalized spacial score (nSPS) is 17.7. The van der Waals surface area contributed by atoms with Crippen molar-refractivity contribution in [3.05, 3.63) is 41.7 Å². The third kappa shape index (κ3) is 5.46. The van der Waals surface area contributed by atoms with Crippen LogP contribution < -0.4 is 4.90 Å². The topological polar surface area (TPSA) is 60.5 Å². The monoisotopic (exact) mass is 406 g/mol. The van der Waals surface area contributed by atoms with Gasteiger partial charge in [-0.2, -0.15) is 10.5 Å². The average Bonchev–Trinajstić information content (AvgIpc) is 2.82. The fourth-order valence-electron chi connectivity index (χ4n) is 4.63. The Morgan fingerprint density at radius 1 is 0.967 bits per heavy atom. The van der Waals surface area contributed by atoms with E-state index >= 15 is 0 Å². The van der Waals surface area contributed by atoms with Gasteiger partial charge in [0, 0.05) is 52.0 Å². The predicted octanol–water partition coefficient (Wildman–Crippen LogP) is 3.26. The average molecular weight is 407 g/mol. The van der Waals surface area contributed by atoms with E-state index in [1.54, 1.807) is 0 Å². The molecule has 2 heterocycles. The van der Waals surface area contributed by atoms with Crippen LogP contribution in [0.25, 0.3) is 0 Å². The van der Waals surface area contributed by atoms with Crippen LogP contribution >= 0.6 is 0 Å². The molecule has 2 saturated heterocycles. The zero-order chi connectivity index (χ0) is 21.3. The van der Waals surface area contributed by atoms with Gasteiger partial charge < -0.3 is 19.6 Å². The quantitative estimate of drug-likeness (QED) is 0.648. The van der Waals surface area contributed by atoms with Crippen molar-refractivity contribution in [2.24, 2.45) is 0 Å². The van der Waals surface area contributed by atoms with E-state index in [0.29, 0.717) is 6.04 Å². The molecule has 0 unspecified atom stereocenters. The summed E-state index contributed by atoms with van der Waals surface area (Å²) in [5, 5.41) is 19.2. The Morgan fingerprint density at radius 3 is 2.20 bits per heavy atom. The van der Waals surface area contributed by atoms with Crippen LogP contribution in [0.1, 0.15) is 32.1 Å². The lowest BCUT2D eigenvalue weighted by Gasteiger charge is -2.42. The molecule has 0 aliphatic carbocycles. The number of benzene rings is 1. The molecule has 0 aromatic heterocycles.